The fraction of sp³-hybridized carbons (Fsp3) is 0.400. The zero-order chi connectivity index (χ0) is 9.68. The second-order valence-corrected chi connectivity index (χ2v) is 4.02. The molecular weight excluding hydrogens is 202 g/mol. The van der Waals surface area contributed by atoms with Crippen LogP contribution in [0, 0.1) is 0 Å². The Hall–Kier alpha value is -0.180. The average Bonchev–Trinajstić information content (AvgIpc) is 2.16. The predicted molar refractivity (Wildman–Crippen MR) is 60.6 cm³/mol. The van der Waals surface area contributed by atoms with Crippen LogP contribution in [0.3, 0.4) is 0 Å². The minimum absolute atomic E-state index is 0.851. The van der Waals surface area contributed by atoms with Gasteiger partial charge >= 0.3 is 0 Å². The van der Waals surface area contributed by atoms with Crippen LogP contribution in [0.2, 0.25) is 5.02 Å². The molecule has 0 spiro atoms. The molecule has 1 aromatic rings. The van der Waals surface area contributed by atoms with Crippen molar-refractivity contribution in [2.45, 2.75) is 18.4 Å². The minimum atomic E-state index is 0.851. The average molecular weight is 216 g/mol. The highest BCUT2D eigenvalue weighted by atomic mass is 35.5. The summed E-state index contributed by atoms with van der Waals surface area (Å²) < 4.78 is 0. The van der Waals surface area contributed by atoms with Gasteiger partial charge < -0.3 is 5.32 Å². The van der Waals surface area contributed by atoms with E-state index < -0.39 is 0 Å². The second-order valence-electron chi connectivity index (χ2n) is 2.74. The summed E-state index contributed by atoms with van der Waals surface area (Å²) in [5, 5.41) is 4.11. The molecule has 0 atom stereocenters. The van der Waals surface area contributed by atoms with Gasteiger partial charge in [-0.1, -0.05) is 24.6 Å². The van der Waals surface area contributed by atoms with E-state index in [-0.39, 0.29) is 0 Å². The zero-order valence-electron chi connectivity index (χ0n) is 7.93. The van der Waals surface area contributed by atoms with Gasteiger partial charge in [0, 0.05) is 16.5 Å². The molecule has 0 aliphatic rings. The summed E-state index contributed by atoms with van der Waals surface area (Å²) in [6, 6.07) is 6.19. The maximum absolute atomic E-state index is 6.09. The van der Waals surface area contributed by atoms with E-state index in [4.69, 9.17) is 11.6 Å². The van der Waals surface area contributed by atoms with E-state index in [0.717, 1.165) is 18.1 Å². The second kappa shape index (κ2) is 5.53. The lowest BCUT2D eigenvalue weighted by Crippen LogP contribution is -2.11. The summed E-state index contributed by atoms with van der Waals surface area (Å²) in [5.74, 6) is 0. The van der Waals surface area contributed by atoms with Crippen LogP contribution in [0.25, 0.3) is 0 Å². The van der Waals surface area contributed by atoms with Crippen LogP contribution in [0.1, 0.15) is 12.5 Å². The number of hydrogen-bond acceptors (Lipinski definition) is 2. The summed E-state index contributed by atoms with van der Waals surface area (Å²) in [6.07, 6.45) is 2.05. The number of hydrogen-bond donors (Lipinski definition) is 1. The summed E-state index contributed by atoms with van der Waals surface area (Å²) in [4.78, 5) is 1.21. The Labute approximate surface area is 88.9 Å². The van der Waals surface area contributed by atoms with Gasteiger partial charge in [0.05, 0.1) is 0 Å². The van der Waals surface area contributed by atoms with Crippen LogP contribution in [0.5, 0.6) is 0 Å². The summed E-state index contributed by atoms with van der Waals surface area (Å²) in [5.41, 5.74) is 1.17. The first-order chi connectivity index (χ1) is 6.27. The molecule has 1 nitrogen and oxygen atoms in total. The molecule has 0 radical (unpaired) electrons. The first-order valence-electron chi connectivity index (χ1n) is 4.31. The molecular formula is C10H14ClNS. The van der Waals surface area contributed by atoms with Crippen molar-refractivity contribution < 1.29 is 0 Å². The van der Waals surface area contributed by atoms with Crippen molar-refractivity contribution >= 4 is 23.4 Å². The Kier molecular flexibility index (Phi) is 4.64. The standard InChI is InChI=1S/C10H14ClNS/c1-3-12-7-8-4-5-9(13-2)6-10(8)11/h4-6,12H,3,7H2,1-2H3. The van der Waals surface area contributed by atoms with Gasteiger partial charge in [0.25, 0.3) is 0 Å². The third-order valence-corrected chi connectivity index (χ3v) is 2.90. The normalized spacial score (nSPS) is 10.4. The molecule has 1 aromatic carbocycles. The van der Waals surface area contributed by atoms with E-state index in [1.807, 2.05) is 6.07 Å². The number of thioether (sulfide) groups is 1. The largest absolute Gasteiger partial charge is 0.313 e. The quantitative estimate of drug-likeness (QED) is 0.775. The predicted octanol–water partition coefficient (Wildman–Crippen LogP) is 3.17. The van der Waals surface area contributed by atoms with Crippen LogP contribution in [0.15, 0.2) is 23.1 Å². The van der Waals surface area contributed by atoms with Crippen molar-refractivity contribution in [3.63, 3.8) is 0 Å². The molecule has 1 rings (SSSR count). The van der Waals surface area contributed by atoms with Gasteiger partial charge in [0.1, 0.15) is 0 Å². The van der Waals surface area contributed by atoms with Gasteiger partial charge in [-0.05, 0) is 30.5 Å². The molecule has 0 bridgehead atoms. The van der Waals surface area contributed by atoms with Crippen molar-refractivity contribution in [2.75, 3.05) is 12.8 Å². The molecule has 0 aromatic heterocycles. The third kappa shape index (κ3) is 3.22. The van der Waals surface area contributed by atoms with Crippen molar-refractivity contribution in [1.82, 2.24) is 5.32 Å². The lowest BCUT2D eigenvalue weighted by Gasteiger charge is -2.05. The molecule has 0 fully saturated rings. The van der Waals surface area contributed by atoms with E-state index in [1.54, 1.807) is 11.8 Å². The van der Waals surface area contributed by atoms with Crippen molar-refractivity contribution in [1.29, 1.82) is 0 Å². The van der Waals surface area contributed by atoms with Gasteiger partial charge in [-0.2, -0.15) is 0 Å². The number of rotatable bonds is 4. The minimum Gasteiger partial charge on any atom is -0.313 e. The summed E-state index contributed by atoms with van der Waals surface area (Å²) >= 11 is 7.80. The fourth-order valence-electron chi connectivity index (χ4n) is 1.06. The van der Waals surface area contributed by atoms with E-state index >= 15 is 0 Å². The Balaban J connectivity index is 2.73. The Morgan fingerprint density at radius 2 is 2.23 bits per heavy atom. The smallest absolute Gasteiger partial charge is 0.0462 e. The maximum Gasteiger partial charge on any atom is 0.0462 e. The fourth-order valence-corrected chi connectivity index (χ4v) is 1.81. The monoisotopic (exact) mass is 215 g/mol. The van der Waals surface area contributed by atoms with Crippen LogP contribution >= 0.6 is 23.4 Å². The maximum atomic E-state index is 6.09. The first kappa shape index (κ1) is 10.9. The molecule has 0 heterocycles. The zero-order valence-corrected chi connectivity index (χ0v) is 9.50. The van der Waals surface area contributed by atoms with Gasteiger partial charge in [-0.25, -0.2) is 0 Å². The summed E-state index contributed by atoms with van der Waals surface area (Å²) in [7, 11) is 0. The number of benzene rings is 1. The molecule has 0 unspecified atom stereocenters. The molecule has 0 saturated carbocycles. The highest BCUT2D eigenvalue weighted by molar-refractivity contribution is 7.98. The van der Waals surface area contributed by atoms with Crippen molar-refractivity contribution in [2.24, 2.45) is 0 Å². The molecule has 0 saturated heterocycles. The first-order valence-corrected chi connectivity index (χ1v) is 5.91. The van der Waals surface area contributed by atoms with Gasteiger partial charge in [-0.3, -0.25) is 0 Å². The lowest BCUT2D eigenvalue weighted by atomic mass is 10.2. The third-order valence-electron chi connectivity index (χ3n) is 1.83. The van der Waals surface area contributed by atoms with Gasteiger partial charge in [0.15, 0.2) is 0 Å². The van der Waals surface area contributed by atoms with Gasteiger partial charge in [0.2, 0.25) is 0 Å². The molecule has 0 aliphatic heterocycles. The van der Waals surface area contributed by atoms with E-state index in [9.17, 15) is 0 Å². The summed E-state index contributed by atoms with van der Waals surface area (Å²) in [6.45, 7) is 3.91. The van der Waals surface area contributed by atoms with Crippen LogP contribution in [-0.2, 0) is 6.54 Å². The highest BCUT2D eigenvalue weighted by Crippen LogP contribution is 2.23. The topological polar surface area (TPSA) is 12.0 Å². The molecule has 1 N–H and O–H groups in total. The van der Waals surface area contributed by atoms with E-state index in [1.165, 1.54) is 10.5 Å². The number of nitrogens with one attached hydrogen (secondary N) is 1. The highest BCUT2D eigenvalue weighted by Gasteiger charge is 2.00. The Morgan fingerprint density at radius 3 is 2.77 bits per heavy atom. The van der Waals surface area contributed by atoms with Gasteiger partial charge in [-0.15, -0.1) is 11.8 Å². The Morgan fingerprint density at radius 1 is 1.46 bits per heavy atom. The Bertz CT molecular complexity index is 276. The van der Waals surface area contributed by atoms with Crippen LogP contribution in [0.4, 0.5) is 0 Å². The van der Waals surface area contributed by atoms with Crippen LogP contribution < -0.4 is 5.32 Å². The van der Waals surface area contributed by atoms with E-state index in [2.05, 4.69) is 30.6 Å². The SMILES string of the molecule is CCNCc1ccc(SC)cc1Cl. The molecule has 0 aliphatic carbocycles. The number of halogens is 1. The van der Waals surface area contributed by atoms with Crippen molar-refractivity contribution in [3.8, 4) is 0 Å². The van der Waals surface area contributed by atoms with Crippen LogP contribution in [-0.4, -0.2) is 12.8 Å². The van der Waals surface area contributed by atoms with Crippen molar-refractivity contribution in [3.05, 3.63) is 28.8 Å². The molecule has 72 valence electrons. The lowest BCUT2D eigenvalue weighted by molar-refractivity contribution is 0.726. The molecule has 13 heavy (non-hydrogen) atoms. The molecule has 0 amide bonds. The van der Waals surface area contributed by atoms with E-state index in [0.29, 0.717) is 0 Å². The molecule has 3 heteroatoms.